The Labute approximate surface area is 120 Å². The van der Waals surface area contributed by atoms with Crippen molar-refractivity contribution in [1.82, 2.24) is 9.80 Å². The maximum Gasteiger partial charge on any atom is 0.410 e. The van der Waals surface area contributed by atoms with Crippen LogP contribution in [0.25, 0.3) is 0 Å². The molecular weight excluding hydrogens is 260 g/mol. The van der Waals surface area contributed by atoms with Gasteiger partial charge in [0.1, 0.15) is 5.60 Å². The van der Waals surface area contributed by atoms with Crippen LogP contribution in [0.4, 0.5) is 4.79 Å². The van der Waals surface area contributed by atoms with Crippen molar-refractivity contribution in [2.45, 2.75) is 39.3 Å². The van der Waals surface area contributed by atoms with Gasteiger partial charge >= 0.3 is 6.09 Å². The van der Waals surface area contributed by atoms with Gasteiger partial charge in [-0.1, -0.05) is 6.92 Å². The molecular formula is C14H26N2O2S. The van der Waals surface area contributed by atoms with E-state index in [1.165, 1.54) is 5.75 Å². The van der Waals surface area contributed by atoms with Gasteiger partial charge in [0, 0.05) is 43.7 Å². The third-order valence-electron chi connectivity index (χ3n) is 3.73. The third-order valence-corrected chi connectivity index (χ3v) is 4.78. The highest BCUT2D eigenvalue weighted by atomic mass is 32.2. The van der Waals surface area contributed by atoms with Crippen molar-refractivity contribution in [3.8, 4) is 0 Å². The largest absolute Gasteiger partial charge is 0.444 e. The van der Waals surface area contributed by atoms with E-state index in [0.717, 1.165) is 31.9 Å². The van der Waals surface area contributed by atoms with Gasteiger partial charge in [0.05, 0.1) is 0 Å². The summed E-state index contributed by atoms with van der Waals surface area (Å²) in [4.78, 5) is 16.8. The summed E-state index contributed by atoms with van der Waals surface area (Å²) in [7, 11) is 0. The van der Waals surface area contributed by atoms with Gasteiger partial charge in [-0.15, -0.1) is 0 Å². The minimum atomic E-state index is -0.413. The molecule has 19 heavy (non-hydrogen) atoms. The Hall–Kier alpha value is -0.420. The van der Waals surface area contributed by atoms with E-state index in [0.29, 0.717) is 12.0 Å². The lowest BCUT2D eigenvalue weighted by atomic mass is 10.0. The van der Waals surface area contributed by atoms with E-state index in [9.17, 15) is 4.79 Å². The Bertz CT molecular complexity index is 330. The van der Waals surface area contributed by atoms with Gasteiger partial charge in [0.2, 0.25) is 0 Å². The van der Waals surface area contributed by atoms with Crippen LogP contribution in [0, 0.1) is 5.92 Å². The number of carbonyl (C=O) groups is 1. The quantitative estimate of drug-likeness (QED) is 0.684. The lowest BCUT2D eigenvalue weighted by Crippen LogP contribution is -2.48. The van der Waals surface area contributed by atoms with Gasteiger partial charge in [-0.3, -0.25) is 0 Å². The first-order valence-electron chi connectivity index (χ1n) is 7.16. The number of amides is 1. The highest BCUT2D eigenvalue weighted by Crippen LogP contribution is 2.25. The zero-order valence-corrected chi connectivity index (χ0v) is 13.3. The fourth-order valence-electron chi connectivity index (χ4n) is 2.74. The van der Waals surface area contributed by atoms with Gasteiger partial charge in [-0.25, -0.2) is 4.79 Å². The number of hydrogen-bond donors (Lipinski definition) is 0. The van der Waals surface area contributed by atoms with Crippen LogP contribution in [0.15, 0.2) is 0 Å². The Morgan fingerprint density at radius 3 is 2.68 bits per heavy atom. The second-order valence-corrected chi connectivity index (χ2v) is 7.74. The molecule has 0 aromatic heterocycles. The van der Waals surface area contributed by atoms with Crippen molar-refractivity contribution in [3.63, 3.8) is 0 Å². The summed E-state index contributed by atoms with van der Waals surface area (Å²) in [5.41, 5.74) is -0.413. The molecule has 0 aromatic rings. The van der Waals surface area contributed by atoms with E-state index in [4.69, 9.17) is 4.74 Å². The summed E-state index contributed by atoms with van der Waals surface area (Å²) in [6, 6.07) is 0.310. The summed E-state index contributed by atoms with van der Waals surface area (Å²) < 4.78 is 5.57. The second-order valence-electron chi connectivity index (χ2n) is 6.59. The topological polar surface area (TPSA) is 32.8 Å². The van der Waals surface area contributed by atoms with Crippen molar-refractivity contribution in [3.05, 3.63) is 0 Å². The molecule has 4 nitrogen and oxygen atoms in total. The van der Waals surface area contributed by atoms with Gasteiger partial charge in [-0.2, -0.15) is 11.8 Å². The number of ether oxygens (including phenoxy) is 1. The van der Waals surface area contributed by atoms with Crippen LogP contribution in [-0.4, -0.2) is 65.2 Å². The fourth-order valence-corrected chi connectivity index (χ4v) is 4.05. The predicted octanol–water partition coefficient (Wildman–Crippen LogP) is 2.29. The van der Waals surface area contributed by atoms with Crippen LogP contribution in [0.2, 0.25) is 0 Å². The highest BCUT2D eigenvalue weighted by molar-refractivity contribution is 7.99. The first-order chi connectivity index (χ1) is 8.87. The molecule has 2 aliphatic heterocycles. The summed E-state index contributed by atoms with van der Waals surface area (Å²) in [5.74, 6) is 2.72. The third kappa shape index (κ3) is 4.02. The smallest absolute Gasteiger partial charge is 0.410 e. The van der Waals surface area contributed by atoms with E-state index < -0.39 is 5.60 Å². The van der Waals surface area contributed by atoms with E-state index in [2.05, 4.69) is 11.8 Å². The van der Waals surface area contributed by atoms with Crippen molar-refractivity contribution >= 4 is 17.9 Å². The van der Waals surface area contributed by atoms with Crippen molar-refractivity contribution < 1.29 is 9.53 Å². The summed E-state index contributed by atoms with van der Waals surface area (Å²) in [5, 5.41) is 0. The van der Waals surface area contributed by atoms with Crippen molar-refractivity contribution in [2.24, 2.45) is 5.92 Å². The number of rotatable bonds is 0. The normalized spacial score (nSPS) is 32.4. The average Bonchev–Trinajstić information content (AvgIpc) is 2.35. The molecule has 2 saturated heterocycles. The first kappa shape index (κ1) is 15.0. The molecule has 3 atom stereocenters. The molecule has 0 saturated carbocycles. The van der Waals surface area contributed by atoms with Crippen molar-refractivity contribution in [2.75, 3.05) is 37.7 Å². The van der Waals surface area contributed by atoms with E-state index in [1.807, 2.05) is 37.4 Å². The lowest BCUT2D eigenvalue weighted by molar-refractivity contribution is 0.0160. The minimum absolute atomic E-state index is 0.145. The molecule has 0 spiro atoms. The molecule has 110 valence electrons. The molecule has 0 aliphatic carbocycles. The summed E-state index contributed by atoms with van der Waals surface area (Å²) >= 11 is 1.96. The molecule has 2 aliphatic rings. The minimum Gasteiger partial charge on any atom is -0.444 e. The molecule has 2 heterocycles. The highest BCUT2D eigenvalue weighted by Gasteiger charge is 2.35. The fraction of sp³-hybridized carbons (Fsp3) is 0.929. The Morgan fingerprint density at radius 1 is 1.26 bits per heavy atom. The first-order valence-corrected chi connectivity index (χ1v) is 8.32. The summed E-state index contributed by atoms with van der Waals surface area (Å²) in [6.45, 7) is 12.1. The van der Waals surface area contributed by atoms with Gasteiger partial charge < -0.3 is 14.5 Å². The van der Waals surface area contributed by atoms with Crippen LogP contribution < -0.4 is 0 Å². The predicted molar refractivity (Wildman–Crippen MR) is 79.7 cm³/mol. The van der Waals surface area contributed by atoms with E-state index in [-0.39, 0.29) is 6.09 Å². The number of nitrogens with zero attached hydrogens (tertiary/aromatic N) is 2. The maximum atomic E-state index is 12.4. The van der Waals surface area contributed by atoms with E-state index in [1.54, 1.807) is 0 Å². The lowest BCUT2D eigenvalue weighted by Gasteiger charge is -2.35. The molecule has 2 rings (SSSR count). The van der Waals surface area contributed by atoms with E-state index >= 15 is 0 Å². The van der Waals surface area contributed by atoms with Gasteiger partial charge in [0.25, 0.3) is 0 Å². The SMILES string of the molecule is CC1CN2CCSCC1N(C(=O)OC(C)(C)C)CC2. The second kappa shape index (κ2) is 5.92. The number of thioether (sulfide) groups is 1. The molecule has 0 N–H and O–H groups in total. The molecule has 2 bridgehead atoms. The molecule has 3 unspecified atom stereocenters. The van der Waals surface area contributed by atoms with Crippen LogP contribution in [-0.2, 0) is 4.74 Å². The number of fused-ring (bicyclic) bond motifs is 3. The Balaban J connectivity index is 2.12. The zero-order chi connectivity index (χ0) is 14.0. The number of hydrogen-bond acceptors (Lipinski definition) is 4. The van der Waals surface area contributed by atoms with Crippen LogP contribution in [0.3, 0.4) is 0 Å². The maximum absolute atomic E-state index is 12.4. The average molecular weight is 286 g/mol. The number of carbonyl (C=O) groups excluding carboxylic acids is 1. The van der Waals surface area contributed by atoms with Crippen LogP contribution >= 0.6 is 11.8 Å². The molecule has 1 amide bonds. The Morgan fingerprint density at radius 2 is 2.00 bits per heavy atom. The molecule has 5 heteroatoms. The molecule has 2 fully saturated rings. The molecule has 0 radical (unpaired) electrons. The standard InChI is InChI=1S/C14H26N2O2S/c1-11-9-15-5-6-16(12(11)10-19-8-7-15)13(17)18-14(2,3)4/h11-12H,5-10H2,1-4H3. The van der Waals surface area contributed by atoms with Crippen molar-refractivity contribution in [1.29, 1.82) is 0 Å². The van der Waals surface area contributed by atoms with Crippen LogP contribution in [0.1, 0.15) is 27.7 Å². The summed E-state index contributed by atoms with van der Waals surface area (Å²) in [6.07, 6.45) is -0.145. The zero-order valence-electron chi connectivity index (χ0n) is 12.5. The molecule has 0 aromatic carbocycles. The Kier molecular flexibility index (Phi) is 4.66. The van der Waals surface area contributed by atoms with Gasteiger partial charge in [-0.05, 0) is 26.7 Å². The van der Waals surface area contributed by atoms with Gasteiger partial charge in [0.15, 0.2) is 0 Å². The monoisotopic (exact) mass is 286 g/mol. The van der Waals surface area contributed by atoms with Crippen LogP contribution in [0.5, 0.6) is 0 Å².